The van der Waals surface area contributed by atoms with Gasteiger partial charge in [0.25, 0.3) is 10.0 Å². The molecule has 7 nitrogen and oxygen atoms in total. The van der Waals surface area contributed by atoms with E-state index in [2.05, 4.69) is 5.32 Å². The van der Waals surface area contributed by atoms with Crippen molar-refractivity contribution in [3.05, 3.63) is 129 Å². The Morgan fingerprint density at radius 2 is 1.46 bits per heavy atom. The topological polar surface area (TPSA) is 86.8 Å². The Morgan fingerprint density at radius 1 is 0.826 bits per heavy atom. The van der Waals surface area contributed by atoms with E-state index in [0.29, 0.717) is 22.0 Å². The van der Waals surface area contributed by atoms with Gasteiger partial charge in [-0.05, 0) is 80.3 Å². The van der Waals surface area contributed by atoms with Gasteiger partial charge < -0.3 is 10.2 Å². The zero-order valence-electron chi connectivity index (χ0n) is 26.4. The molecule has 0 spiro atoms. The first-order valence-corrected chi connectivity index (χ1v) is 17.3. The number of nitrogens with zero attached hydrogens (tertiary/aromatic N) is 2. The minimum Gasteiger partial charge on any atom is -0.352 e. The summed E-state index contributed by atoms with van der Waals surface area (Å²) in [5.74, 6) is -0.877. The molecule has 10 heteroatoms. The summed E-state index contributed by atoms with van der Waals surface area (Å²) in [5, 5.41) is 3.90. The molecule has 1 N–H and O–H groups in total. The monoisotopic (exact) mass is 679 g/mol. The zero-order chi connectivity index (χ0) is 33.4. The van der Waals surface area contributed by atoms with Gasteiger partial charge in [-0.3, -0.25) is 13.9 Å². The minimum absolute atomic E-state index is 0.0323. The molecule has 242 valence electrons. The number of benzene rings is 4. The molecular formula is C36H39Cl2N3O4S. The molecule has 4 rings (SSSR count). The maximum absolute atomic E-state index is 14.6. The fraction of sp³-hybridized carbons (Fsp3) is 0.278. The summed E-state index contributed by atoms with van der Waals surface area (Å²) in [5.41, 5.74) is 3.38. The van der Waals surface area contributed by atoms with E-state index in [9.17, 15) is 18.0 Å². The lowest BCUT2D eigenvalue weighted by atomic mass is 10.0. The van der Waals surface area contributed by atoms with Crippen LogP contribution in [0.15, 0.2) is 102 Å². The van der Waals surface area contributed by atoms with Crippen molar-refractivity contribution < 1.29 is 18.0 Å². The molecule has 0 aliphatic rings. The zero-order valence-corrected chi connectivity index (χ0v) is 28.7. The van der Waals surface area contributed by atoms with E-state index in [1.165, 1.54) is 23.1 Å². The molecule has 0 radical (unpaired) electrons. The van der Waals surface area contributed by atoms with Gasteiger partial charge in [-0.25, -0.2) is 8.42 Å². The van der Waals surface area contributed by atoms with Crippen LogP contribution in [0.4, 0.5) is 5.69 Å². The van der Waals surface area contributed by atoms with Crippen LogP contribution in [0.3, 0.4) is 0 Å². The lowest BCUT2D eigenvalue weighted by Crippen LogP contribution is -2.54. The van der Waals surface area contributed by atoms with Crippen LogP contribution in [0.1, 0.15) is 42.5 Å². The summed E-state index contributed by atoms with van der Waals surface area (Å²) < 4.78 is 29.6. The van der Waals surface area contributed by atoms with Crippen LogP contribution >= 0.6 is 23.2 Å². The molecule has 46 heavy (non-hydrogen) atoms. The second-order valence-electron chi connectivity index (χ2n) is 11.4. The van der Waals surface area contributed by atoms with Gasteiger partial charge in [-0.2, -0.15) is 0 Å². The van der Waals surface area contributed by atoms with Gasteiger partial charge in [0.05, 0.1) is 10.6 Å². The van der Waals surface area contributed by atoms with Gasteiger partial charge in [-0.15, -0.1) is 0 Å². The number of aryl methyl sites for hydroxylation is 2. The van der Waals surface area contributed by atoms with Crippen molar-refractivity contribution in [2.45, 2.75) is 64.1 Å². The van der Waals surface area contributed by atoms with Gasteiger partial charge in [0.1, 0.15) is 12.6 Å². The summed E-state index contributed by atoms with van der Waals surface area (Å²) >= 11 is 12.5. The maximum Gasteiger partial charge on any atom is 0.264 e. The normalized spacial score (nSPS) is 12.7. The fourth-order valence-electron chi connectivity index (χ4n) is 4.98. The average molecular weight is 681 g/mol. The molecule has 0 saturated carbocycles. The third-order valence-electron chi connectivity index (χ3n) is 7.87. The van der Waals surface area contributed by atoms with E-state index in [1.54, 1.807) is 55.5 Å². The number of amides is 2. The second-order valence-corrected chi connectivity index (χ2v) is 14.2. The number of hydrogen-bond donors (Lipinski definition) is 1. The Morgan fingerprint density at radius 3 is 2.09 bits per heavy atom. The molecule has 0 bridgehead atoms. The largest absolute Gasteiger partial charge is 0.352 e. The Balaban J connectivity index is 1.83. The van der Waals surface area contributed by atoms with Gasteiger partial charge >= 0.3 is 0 Å². The van der Waals surface area contributed by atoms with Crippen LogP contribution in [0.5, 0.6) is 0 Å². The number of carbonyl (C=O) groups excluding carboxylic acids is 2. The second kappa shape index (κ2) is 15.6. The van der Waals surface area contributed by atoms with Crippen molar-refractivity contribution in [2.24, 2.45) is 0 Å². The Labute approximate surface area is 282 Å². The van der Waals surface area contributed by atoms with Crippen molar-refractivity contribution in [1.29, 1.82) is 0 Å². The van der Waals surface area contributed by atoms with Crippen LogP contribution in [0, 0.1) is 13.8 Å². The Kier molecular flexibility index (Phi) is 11.9. The highest BCUT2D eigenvalue weighted by Gasteiger charge is 2.35. The van der Waals surface area contributed by atoms with Gasteiger partial charge in [0, 0.05) is 29.1 Å². The van der Waals surface area contributed by atoms with Crippen molar-refractivity contribution in [2.75, 3.05) is 10.8 Å². The molecule has 2 atom stereocenters. The van der Waals surface area contributed by atoms with Gasteiger partial charge in [0.15, 0.2) is 0 Å². The summed E-state index contributed by atoms with van der Waals surface area (Å²) in [4.78, 5) is 30.0. The third kappa shape index (κ3) is 8.90. The average Bonchev–Trinajstić information content (AvgIpc) is 3.04. The predicted molar refractivity (Wildman–Crippen MR) is 186 cm³/mol. The molecule has 4 aromatic carbocycles. The van der Waals surface area contributed by atoms with Crippen LogP contribution in [0.2, 0.25) is 10.0 Å². The van der Waals surface area contributed by atoms with Crippen molar-refractivity contribution in [3.63, 3.8) is 0 Å². The highest BCUT2D eigenvalue weighted by atomic mass is 35.5. The van der Waals surface area contributed by atoms with Crippen LogP contribution in [0.25, 0.3) is 0 Å². The van der Waals surface area contributed by atoms with Crippen LogP contribution < -0.4 is 9.62 Å². The highest BCUT2D eigenvalue weighted by Crippen LogP contribution is 2.30. The summed E-state index contributed by atoms with van der Waals surface area (Å²) in [6, 6.07) is 26.7. The first-order chi connectivity index (χ1) is 21.9. The molecule has 0 unspecified atom stereocenters. The van der Waals surface area contributed by atoms with E-state index in [-0.39, 0.29) is 35.5 Å². The van der Waals surface area contributed by atoms with E-state index < -0.39 is 28.5 Å². The molecular weight excluding hydrogens is 641 g/mol. The number of anilines is 1. The molecule has 0 saturated heterocycles. The molecule has 0 fully saturated rings. The van der Waals surface area contributed by atoms with E-state index in [0.717, 1.165) is 21.0 Å². The van der Waals surface area contributed by atoms with Crippen molar-refractivity contribution >= 4 is 50.7 Å². The summed E-state index contributed by atoms with van der Waals surface area (Å²) in [7, 11) is -4.24. The first-order valence-electron chi connectivity index (χ1n) is 15.1. The van der Waals surface area contributed by atoms with E-state index >= 15 is 0 Å². The predicted octanol–water partition coefficient (Wildman–Crippen LogP) is 7.36. The smallest absolute Gasteiger partial charge is 0.264 e. The van der Waals surface area contributed by atoms with Crippen LogP contribution in [-0.2, 0) is 32.6 Å². The summed E-state index contributed by atoms with van der Waals surface area (Å²) in [6.45, 7) is 6.98. The molecule has 2 amide bonds. The number of hydrogen-bond acceptors (Lipinski definition) is 4. The summed E-state index contributed by atoms with van der Waals surface area (Å²) in [6.07, 6.45) is 0.925. The number of sulfonamides is 1. The van der Waals surface area contributed by atoms with Crippen LogP contribution in [-0.4, -0.2) is 43.8 Å². The SMILES string of the molecule is CC[C@H](C)NC(=O)[C@@H](Cc1ccccc1)N(Cc1ccc(Cl)cc1)C(=O)CN(c1cc(Cl)ccc1C)S(=O)(=O)c1ccc(C)cc1. The number of carbonyl (C=O) groups is 2. The molecule has 0 heterocycles. The molecule has 0 aromatic heterocycles. The van der Waals surface area contributed by atoms with Crippen molar-refractivity contribution in [1.82, 2.24) is 10.2 Å². The first kappa shape index (κ1) is 35.0. The minimum atomic E-state index is -4.24. The quantitative estimate of drug-likeness (QED) is 0.160. The van der Waals surface area contributed by atoms with E-state index in [4.69, 9.17) is 23.2 Å². The lowest BCUT2D eigenvalue weighted by Gasteiger charge is -2.34. The Bertz CT molecular complexity index is 1750. The van der Waals surface area contributed by atoms with Crippen molar-refractivity contribution in [3.8, 4) is 0 Å². The molecule has 4 aromatic rings. The van der Waals surface area contributed by atoms with Gasteiger partial charge in [0.2, 0.25) is 11.8 Å². The highest BCUT2D eigenvalue weighted by molar-refractivity contribution is 7.92. The maximum atomic E-state index is 14.6. The van der Waals surface area contributed by atoms with E-state index in [1.807, 2.05) is 51.1 Å². The Hall–Kier alpha value is -3.85. The molecule has 0 aliphatic carbocycles. The van der Waals surface area contributed by atoms with Gasteiger partial charge in [-0.1, -0.05) is 96.4 Å². The lowest BCUT2D eigenvalue weighted by molar-refractivity contribution is -0.140. The standard InChI is InChI=1S/C36H39Cl2N3O4S/c1-5-27(4)39-36(43)34(21-28-9-7-6-8-10-28)40(23-29-14-17-30(37)18-15-29)35(42)24-41(33-22-31(38)16-13-26(33)3)46(44,45)32-19-11-25(2)12-20-32/h6-20,22,27,34H,5,21,23-24H2,1-4H3,(H,39,43)/t27-,34+/m0/s1. The molecule has 0 aliphatic heterocycles. The third-order valence-corrected chi connectivity index (χ3v) is 10.1. The number of nitrogens with one attached hydrogen (secondary N) is 1. The fourth-order valence-corrected chi connectivity index (χ4v) is 6.75. The number of rotatable bonds is 13. The number of halogens is 2.